The molecule has 146 valence electrons. The molecule has 28 heavy (non-hydrogen) atoms. The third-order valence-corrected chi connectivity index (χ3v) is 4.69. The second kappa shape index (κ2) is 9.89. The van der Waals surface area contributed by atoms with Gasteiger partial charge in [-0.25, -0.2) is 4.98 Å². The quantitative estimate of drug-likeness (QED) is 0.400. The number of hydrogen-bond donors (Lipinski definition) is 2. The fourth-order valence-electron chi connectivity index (χ4n) is 2.64. The van der Waals surface area contributed by atoms with E-state index in [0.29, 0.717) is 34.5 Å². The largest absolute Gasteiger partial charge is 0.355 e. The van der Waals surface area contributed by atoms with E-state index in [1.807, 2.05) is 22.9 Å². The minimum absolute atomic E-state index is 0.168. The highest BCUT2D eigenvalue weighted by Gasteiger charge is 2.11. The lowest BCUT2D eigenvalue weighted by Gasteiger charge is -2.13. The molecule has 5 nitrogen and oxygen atoms in total. The topological polar surface area (TPSA) is 59.0 Å². The zero-order chi connectivity index (χ0) is 19.8. The molecule has 1 amide bonds. The summed E-state index contributed by atoms with van der Waals surface area (Å²) in [7, 11) is 0. The number of carbonyl (C=O) groups excluding carboxylic acids is 1. The Labute approximate surface area is 166 Å². The van der Waals surface area contributed by atoms with Gasteiger partial charge in [-0.2, -0.15) is 8.78 Å². The van der Waals surface area contributed by atoms with Gasteiger partial charge in [0.25, 0.3) is 11.7 Å². The van der Waals surface area contributed by atoms with E-state index in [4.69, 9.17) is 0 Å². The van der Waals surface area contributed by atoms with Crippen LogP contribution in [0.25, 0.3) is 0 Å². The summed E-state index contributed by atoms with van der Waals surface area (Å²) in [6.07, 6.45) is 6.14. The molecule has 1 heterocycles. The number of thioether (sulfide) groups is 1. The van der Waals surface area contributed by atoms with Crippen LogP contribution in [0.15, 0.2) is 72.1 Å². The highest BCUT2D eigenvalue weighted by atomic mass is 32.2. The van der Waals surface area contributed by atoms with Gasteiger partial charge in [0.2, 0.25) is 0 Å². The van der Waals surface area contributed by atoms with E-state index in [0.717, 1.165) is 18.7 Å². The van der Waals surface area contributed by atoms with E-state index in [9.17, 15) is 13.6 Å². The second-order valence-corrected chi connectivity index (χ2v) is 7.05. The summed E-state index contributed by atoms with van der Waals surface area (Å²) in [5, 5.41) is 6.10. The molecule has 0 aliphatic rings. The Morgan fingerprint density at radius 1 is 1.14 bits per heavy atom. The number of rotatable bonds is 9. The Balaban J connectivity index is 1.58. The molecule has 0 aliphatic carbocycles. The predicted molar refractivity (Wildman–Crippen MR) is 107 cm³/mol. The van der Waals surface area contributed by atoms with Crippen molar-refractivity contribution in [3.05, 3.63) is 72.8 Å². The summed E-state index contributed by atoms with van der Waals surface area (Å²) < 4.78 is 26.8. The van der Waals surface area contributed by atoms with E-state index < -0.39 is 5.76 Å². The van der Waals surface area contributed by atoms with Crippen molar-refractivity contribution in [2.75, 3.05) is 11.9 Å². The Kier molecular flexibility index (Phi) is 7.02. The first-order valence-electron chi connectivity index (χ1n) is 8.77. The number of para-hydroxylation sites is 1. The van der Waals surface area contributed by atoms with Crippen molar-refractivity contribution in [2.24, 2.45) is 0 Å². The molecule has 0 saturated carbocycles. The summed E-state index contributed by atoms with van der Waals surface area (Å²) in [4.78, 5) is 17.0. The zero-order valence-corrected chi connectivity index (χ0v) is 15.8. The first-order valence-corrected chi connectivity index (χ1v) is 9.64. The monoisotopic (exact) mass is 402 g/mol. The van der Waals surface area contributed by atoms with Crippen LogP contribution in [0, 0.1) is 0 Å². The Morgan fingerprint density at radius 3 is 2.64 bits per heavy atom. The summed E-state index contributed by atoms with van der Waals surface area (Å²) in [5.41, 5.74) is 1.90. The number of carbonyl (C=O) groups is 1. The number of benzene rings is 2. The van der Waals surface area contributed by atoms with Crippen LogP contribution in [-0.2, 0) is 6.54 Å². The van der Waals surface area contributed by atoms with Gasteiger partial charge in [0, 0.05) is 36.1 Å². The van der Waals surface area contributed by atoms with Gasteiger partial charge in [-0.15, -0.1) is 0 Å². The molecule has 0 spiro atoms. The first-order chi connectivity index (χ1) is 13.6. The number of anilines is 2. The standard InChI is InChI=1S/C20H20F2N4OS/c21-20(22)28-16-8-6-15(7-9-16)25-18-5-2-1-4-17(18)19(27)24-10-3-12-26-13-11-23-14-26/h1-2,4-9,11,13-14,20,25H,3,10,12H2,(H,24,27). The molecule has 0 atom stereocenters. The second-order valence-electron chi connectivity index (χ2n) is 5.98. The van der Waals surface area contributed by atoms with Crippen molar-refractivity contribution >= 4 is 29.0 Å². The maximum atomic E-state index is 12.5. The van der Waals surface area contributed by atoms with Crippen LogP contribution in [-0.4, -0.2) is 27.8 Å². The molecule has 0 unspecified atom stereocenters. The van der Waals surface area contributed by atoms with E-state index in [-0.39, 0.29) is 5.91 Å². The lowest BCUT2D eigenvalue weighted by molar-refractivity contribution is 0.0953. The number of aromatic nitrogens is 2. The van der Waals surface area contributed by atoms with Crippen molar-refractivity contribution in [3.63, 3.8) is 0 Å². The zero-order valence-electron chi connectivity index (χ0n) is 15.0. The first kappa shape index (κ1) is 19.9. The number of nitrogens with zero attached hydrogens (tertiary/aromatic N) is 2. The van der Waals surface area contributed by atoms with Crippen LogP contribution in [0.2, 0.25) is 0 Å². The van der Waals surface area contributed by atoms with Crippen LogP contribution >= 0.6 is 11.8 Å². The lowest BCUT2D eigenvalue weighted by atomic mass is 10.1. The summed E-state index contributed by atoms with van der Waals surface area (Å²) in [5.74, 6) is -2.62. The van der Waals surface area contributed by atoms with Crippen LogP contribution in [0.5, 0.6) is 0 Å². The molecule has 2 aromatic carbocycles. The fourth-order valence-corrected chi connectivity index (χ4v) is 3.14. The molecule has 0 fully saturated rings. The van der Waals surface area contributed by atoms with Crippen LogP contribution in [0.3, 0.4) is 0 Å². The molecule has 8 heteroatoms. The summed E-state index contributed by atoms with van der Waals surface area (Å²) in [6, 6.07) is 13.9. The minimum atomic E-state index is -2.45. The molecule has 1 aromatic heterocycles. The molecule has 3 aromatic rings. The molecular formula is C20H20F2N4OS. The normalized spacial score (nSPS) is 10.8. The van der Waals surface area contributed by atoms with Crippen LogP contribution in [0.4, 0.5) is 20.2 Å². The molecular weight excluding hydrogens is 382 g/mol. The van der Waals surface area contributed by atoms with Gasteiger partial charge in [0.05, 0.1) is 17.6 Å². The highest BCUT2D eigenvalue weighted by Crippen LogP contribution is 2.27. The van der Waals surface area contributed by atoms with E-state index >= 15 is 0 Å². The SMILES string of the molecule is O=C(NCCCn1ccnc1)c1ccccc1Nc1ccc(SC(F)F)cc1. The van der Waals surface area contributed by atoms with Crippen molar-refractivity contribution in [3.8, 4) is 0 Å². The molecule has 0 saturated heterocycles. The third kappa shape index (κ3) is 5.82. The van der Waals surface area contributed by atoms with Crippen LogP contribution < -0.4 is 10.6 Å². The summed E-state index contributed by atoms with van der Waals surface area (Å²) in [6.45, 7) is 1.33. The summed E-state index contributed by atoms with van der Waals surface area (Å²) >= 11 is 0.501. The van der Waals surface area contributed by atoms with Crippen molar-refractivity contribution in [1.29, 1.82) is 0 Å². The molecule has 2 N–H and O–H groups in total. The van der Waals surface area contributed by atoms with E-state index in [1.54, 1.807) is 48.9 Å². The number of imidazole rings is 1. The maximum Gasteiger partial charge on any atom is 0.288 e. The number of halogens is 2. The number of hydrogen-bond acceptors (Lipinski definition) is 4. The highest BCUT2D eigenvalue weighted by molar-refractivity contribution is 7.99. The average molecular weight is 402 g/mol. The lowest BCUT2D eigenvalue weighted by Crippen LogP contribution is -2.25. The molecule has 3 rings (SSSR count). The number of alkyl halides is 2. The van der Waals surface area contributed by atoms with Gasteiger partial charge >= 0.3 is 0 Å². The number of nitrogens with one attached hydrogen (secondary N) is 2. The maximum absolute atomic E-state index is 12.5. The number of aryl methyl sites for hydroxylation is 1. The van der Waals surface area contributed by atoms with Crippen molar-refractivity contribution in [2.45, 2.75) is 23.6 Å². The Morgan fingerprint density at radius 2 is 1.93 bits per heavy atom. The van der Waals surface area contributed by atoms with Gasteiger partial charge in [-0.3, -0.25) is 4.79 Å². The smallest absolute Gasteiger partial charge is 0.288 e. The number of amides is 1. The van der Waals surface area contributed by atoms with E-state index in [2.05, 4.69) is 15.6 Å². The van der Waals surface area contributed by atoms with Gasteiger partial charge < -0.3 is 15.2 Å². The van der Waals surface area contributed by atoms with Gasteiger partial charge in [0.15, 0.2) is 0 Å². The Bertz CT molecular complexity index is 885. The fraction of sp³-hybridized carbons (Fsp3) is 0.200. The third-order valence-electron chi connectivity index (χ3n) is 3.97. The van der Waals surface area contributed by atoms with Gasteiger partial charge in [0.1, 0.15) is 0 Å². The minimum Gasteiger partial charge on any atom is -0.355 e. The van der Waals surface area contributed by atoms with Crippen LogP contribution in [0.1, 0.15) is 16.8 Å². The molecule has 0 radical (unpaired) electrons. The van der Waals surface area contributed by atoms with E-state index in [1.165, 1.54) is 0 Å². The van der Waals surface area contributed by atoms with Gasteiger partial charge in [-0.05, 0) is 42.8 Å². The average Bonchev–Trinajstić information content (AvgIpc) is 3.20. The predicted octanol–water partition coefficient (Wildman–Crippen LogP) is 4.76. The molecule has 0 bridgehead atoms. The Hall–Kier alpha value is -2.87. The molecule has 0 aliphatic heterocycles. The van der Waals surface area contributed by atoms with Gasteiger partial charge in [-0.1, -0.05) is 23.9 Å². The van der Waals surface area contributed by atoms with Crippen molar-refractivity contribution in [1.82, 2.24) is 14.9 Å². The van der Waals surface area contributed by atoms with Crippen molar-refractivity contribution < 1.29 is 13.6 Å².